The van der Waals surface area contributed by atoms with Crippen molar-refractivity contribution < 1.29 is 14.3 Å². The van der Waals surface area contributed by atoms with Crippen LogP contribution in [0.1, 0.15) is 52.0 Å². The van der Waals surface area contributed by atoms with E-state index in [4.69, 9.17) is 14.5 Å². The Morgan fingerprint density at radius 2 is 1.90 bits per heavy atom. The number of anilines is 1. The highest BCUT2D eigenvalue weighted by molar-refractivity contribution is 9.10. The fourth-order valence-corrected chi connectivity index (χ4v) is 4.08. The number of nitrogens with zero attached hydrogens (tertiary/aromatic N) is 2. The molecule has 3 rings (SSSR count). The first-order chi connectivity index (χ1) is 13.7. The molecule has 0 aliphatic heterocycles. The standard InChI is InChI=1S/C21H29BrN4O3/c1-21(2,3)29-20(27)25-17-7-5-16(6-8-17)24-19-23-11-13-9-15(22)10-14(12-28-4)18(13)26-19/h9-11,16-17H,5-8,12H2,1-4H3,(H,25,27)(H,23,24,26)/t16-,17-. The van der Waals surface area contributed by atoms with Gasteiger partial charge in [0.25, 0.3) is 0 Å². The lowest BCUT2D eigenvalue weighted by atomic mass is 9.91. The Bertz CT molecular complexity index is 861. The molecule has 0 bridgehead atoms. The van der Waals surface area contributed by atoms with Crippen molar-refractivity contribution in [3.8, 4) is 0 Å². The monoisotopic (exact) mass is 464 g/mol. The number of benzene rings is 1. The van der Waals surface area contributed by atoms with Crippen LogP contribution in [0.3, 0.4) is 0 Å². The molecule has 1 aromatic carbocycles. The summed E-state index contributed by atoms with van der Waals surface area (Å²) in [7, 11) is 1.68. The van der Waals surface area contributed by atoms with Gasteiger partial charge in [0.1, 0.15) is 5.60 Å². The zero-order valence-electron chi connectivity index (χ0n) is 17.4. The van der Waals surface area contributed by atoms with E-state index in [-0.39, 0.29) is 18.2 Å². The molecule has 1 heterocycles. The molecule has 1 fully saturated rings. The Morgan fingerprint density at radius 1 is 1.21 bits per heavy atom. The van der Waals surface area contributed by atoms with Gasteiger partial charge in [0.2, 0.25) is 5.95 Å². The van der Waals surface area contributed by atoms with Crippen LogP contribution in [0.4, 0.5) is 10.7 Å². The van der Waals surface area contributed by atoms with Crippen LogP contribution < -0.4 is 10.6 Å². The van der Waals surface area contributed by atoms with Crippen molar-refractivity contribution in [2.75, 3.05) is 12.4 Å². The number of rotatable bonds is 5. The maximum Gasteiger partial charge on any atom is 0.407 e. The van der Waals surface area contributed by atoms with Crippen molar-refractivity contribution in [1.29, 1.82) is 0 Å². The number of nitrogens with one attached hydrogen (secondary N) is 2. The Balaban J connectivity index is 1.59. The van der Waals surface area contributed by atoms with Crippen LogP contribution in [0.2, 0.25) is 0 Å². The molecule has 0 radical (unpaired) electrons. The second-order valence-electron chi connectivity index (χ2n) is 8.47. The van der Waals surface area contributed by atoms with Crippen LogP contribution in [-0.4, -0.2) is 40.9 Å². The molecular formula is C21H29BrN4O3. The van der Waals surface area contributed by atoms with E-state index in [9.17, 15) is 4.79 Å². The van der Waals surface area contributed by atoms with Gasteiger partial charge in [-0.3, -0.25) is 0 Å². The molecule has 2 aromatic rings. The van der Waals surface area contributed by atoms with Crippen LogP contribution in [-0.2, 0) is 16.1 Å². The van der Waals surface area contributed by atoms with E-state index < -0.39 is 5.60 Å². The van der Waals surface area contributed by atoms with E-state index in [1.54, 1.807) is 7.11 Å². The van der Waals surface area contributed by atoms with E-state index in [0.29, 0.717) is 12.6 Å². The highest BCUT2D eigenvalue weighted by atomic mass is 79.9. The Kier molecular flexibility index (Phi) is 6.95. The fourth-order valence-electron chi connectivity index (χ4n) is 3.55. The quantitative estimate of drug-likeness (QED) is 0.661. The summed E-state index contributed by atoms with van der Waals surface area (Å²) in [6.45, 7) is 6.10. The molecule has 1 aliphatic carbocycles. The molecule has 29 heavy (non-hydrogen) atoms. The number of halogens is 1. The predicted octanol–water partition coefficient (Wildman–Crippen LogP) is 4.79. The van der Waals surface area contributed by atoms with Crippen molar-refractivity contribution in [1.82, 2.24) is 15.3 Å². The van der Waals surface area contributed by atoms with Crippen LogP contribution in [0.25, 0.3) is 10.9 Å². The molecule has 0 saturated heterocycles. The Labute approximate surface area is 180 Å². The predicted molar refractivity (Wildman–Crippen MR) is 117 cm³/mol. The first-order valence-electron chi connectivity index (χ1n) is 9.93. The molecule has 0 spiro atoms. The van der Waals surface area contributed by atoms with Crippen molar-refractivity contribution in [3.05, 3.63) is 28.4 Å². The van der Waals surface area contributed by atoms with Gasteiger partial charge >= 0.3 is 6.09 Å². The van der Waals surface area contributed by atoms with Gasteiger partial charge in [-0.25, -0.2) is 14.8 Å². The van der Waals surface area contributed by atoms with Crippen LogP contribution in [0.15, 0.2) is 22.8 Å². The van der Waals surface area contributed by atoms with Gasteiger partial charge in [-0.05, 0) is 58.6 Å². The number of alkyl carbamates (subject to hydrolysis) is 1. The summed E-state index contributed by atoms with van der Waals surface area (Å²) in [6, 6.07) is 4.46. The maximum absolute atomic E-state index is 12.0. The fraction of sp³-hybridized carbons (Fsp3) is 0.571. The summed E-state index contributed by atoms with van der Waals surface area (Å²) in [5.74, 6) is 0.626. The third-order valence-electron chi connectivity index (χ3n) is 4.81. The lowest BCUT2D eigenvalue weighted by Crippen LogP contribution is -2.42. The van der Waals surface area contributed by atoms with E-state index in [2.05, 4.69) is 31.5 Å². The summed E-state index contributed by atoms with van der Waals surface area (Å²) in [5.41, 5.74) is 1.44. The highest BCUT2D eigenvalue weighted by Gasteiger charge is 2.25. The second kappa shape index (κ2) is 9.26. The Morgan fingerprint density at radius 3 is 2.55 bits per heavy atom. The van der Waals surface area contributed by atoms with Crippen LogP contribution >= 0.6 is 15.9 Å². The minimum atomic E-state index is -0.479. The zero-order valence-corrected chi connectivity index (χ0v) is 19.0. The van der Waals surface area contributed by atoms with E-state index >= 15 is 0 Å². The lowest BCUT2D eigenvalue weighted by molar-refractivity contribution is 0.0492. The first-order valence-corrected chi connectivity index (χ1v) is 10.7. The number of amides is 1. The van der Waals surface area contributed by atoms with Gasteiger partial charge in [0, 0.05) is 40.8 Å². The number of fused-ring (bicyclic) bond motifs is 1. The Hall–Kier alpha value is -1.93. The van der Waals surface area contributed by atoms with Crippen molar-refractivity contribution in [2.24, 2.45) is 0 Å². The topological polar surface area (TPSA) is 85.4 Å². The van der Waals surface area contributed by atoms with E-state index in [1.807, 2.05) is 39.1 Å². The average molecular weight is 465 g/mol. The third kappa shape index (κ3) is 6.27. The molecule has 7 nitrogen and oxygen atoms in total. The van der Waals surface area contributed by atoms with Gasteiger partial charge < -0.3 is 20.1 Å². The van der Waals surface area contributed by atoms with Crippen LogP contribution in [0, 0.1) is 0 Å². The van der Waals surface area contributed by atoms with Crippen molar-refractivity contribution in [3.63, 3.8) is 0 Å². The largest absolute Gasteiger partial charge is 0.444 e. The highest BCUT2D eigenvalue weighted by Crippen LogP contribution is 2.26. The minimum absolute atomic E-state index is 0.145. The molecule has 8 heteroatoms. The van der Waals surface area contributed by atoms with Gasteiger partial charge in [0.15, 0.2) is 0 Å². The SMILES string of the molecule is COCc1cc(Br)cc2cnc(N[C@H]3CC[C@H](NC(=O)OC(C)(C)C)CC3)nc12. The minimum Gasteiger partial charge on any atom is -0.444 e. The van der Waals surface area contributed by atoms with Gasteiger partial charge in [-0.1, -0.05) is 15.9 Å². The number of aromatic nitrogens is 2. The smallest absolute Gasteiger partial charge is 0.407 e. The number of hydrogen-bond acceptors (Lipinski definition) is 6. The summed E-state index contributed by atoms with van der Waals surface area (Å²) in [5, 5.41) is 7.40. The molecular weight excluding hydrogens is 436 g/mol. The summed E-state index contributed by atoms with van der Waals surface area (Å²) < 4.78 is 11.6. The summed E-state index contributed by atoms with van der Waals surface area (Å²) >= 11 is 3.52. The number of carbonyl (C=O) groups excluding carboxylic acids is 1. The van der Waals surface area contributed by atoms with E-state index in [1.165, 1.54) is 0 Å². The summed E-state index contributed by atoms with van der Waals surface area (Å²) in [4.78, 5) is 21.2. The summed E-state index contributed by atoms with van der Waals surface area (Å²) in [6.07, 6.45) is 5.16. The molecule has 158 valence electrons. The second-order valence-corrected chi connectivity index (χ2v) is 9.38. The van der Waals surface area contributed by atoms with Crippen LogP contribution in [0.5, 0.6) is 0 Å². The van der Waals surface area contributed by atoms with Crippen molar-refractivity contribution >= 4 is 38.9 Å². The maximum atomic E-state index is 12.0. The lowest BCUT2D eigenvalue weighted by Gasteiger charge is -2.30. The number of carbonyl (C=O) groups is 1. The van der Waals surface area contributed by atoms with Gasteiger partial charge in [-0.2, -0.15) is 0 Å². The van der Waals surface area contributed by atoms with E-state index in [0.717, 1.165) is 46.6 Å². The number of methoxy groups -OCH3 is 1. The van der Waals surface area contributed by atoms with Gasteiger partial charge in [-0.15, -0.1) is 0 Å². The number of ether oxygens (including phenoxy) is 2. The zero-order chi connectivity index (χ0) is 21.0. The average Bonchev–Trinajstić information content (AvgIpc) is 2.62. The molecule has 0 unspecified atom stereocenters. The molecule has 1 aromatic heterocycles. The molecule has 1 amide bonds. The molecule has 0 atom stereocenters. The normalized spacial score (nSPS) is 19.8. The molecule has 1 aliphatic rings. The third-order valence-corrected chi connectivity index (χ3v) is 5.27. The molecule has 1 saturated carbocycles. The first kappa shape index (κ1) is 21.8. The number of hydrogen-bond donors (Lipinski definition) is 2. The van der Waals surface area contributed by atoms with Crippen molar-refractivity contribution in [2.45, 2.75) is 70.7 Å². The van der Waals surface area contributed by atoms with Gasteiger partial charge in [0.05, 0.1) is 12.1 Å². The molecule has 2 N–H and O–H groups in total.